The molecule has 37 heavy (non-hydrogen) atoms. The van der Waals surface area contributed by atoms with Crippen molar-refractivity contribution >= 4 is 32.3 Å². The fourth-order valence-corrected chi connectivity index (χ4v) is 6.07. The number of fused-ring (bicyclic) bond motifs is 3. The molecule has 0 aliphatic rings. The Morgan fingerprint density at radius 1 is 0.297 bits per heavy atom. The number of aryl methyl sites for hydroxylation is 1. The van der Waals surface area contributed by atoms with Crippen molar-refractivity contribution in [1.82, 2.24) is 0 Å². The zero-order valence-corrected chi connectivity index (χ0v) is 20.8. The molecule has 0 aliphatic carbocycles. The Kier molecular flexibility index (Phi) is 5.11. The van der Waals surface area contributed by atoms with Crippen LogP contribution < -0.4 is 0 Å². The summed E-state index contributed by atoms with van der Waals surface area (Å²) >= 11 is 0. The van der Waals surface area contributed by atoms with Gasteiger partial charge in [-0.3, -0.25) is 0 Å². The average molecular weight is 471 g/mol. The third kappa shape index (κ3) is 3.37. The molecule has 0 bridgehead atoms. The molecule has 0 heterocycles. The van der Waals surface area contributed by atoms with Crippen molar-refractivity contribution < 1.29 is 0 Å². The van der Waals surface area contributed by atoms with Gasteiger partial charge in [0.15, 0.2) is 0 Å². The molecule has 174 valence electrons. The summed E-state index contributed by atoms with van der Waals surface area (Å²) in [6, 6.07) is 50.5. The van der Waals surface area contributed by atoms with Gasteiger partial charge in [0.1, 0.15) is 0 Å². The van der Waals surface area contributed by atoms with Crippen molar-refractivity contribution in [2.45, 2.75) is 6.92 Å². The Bertz CT molecular complexity index is 1850. The van der Waals surface area contributed by atoms with Crippen LogP contribution in [0.2, 0.25) is 0 Å². The molecule has 0 atom stereocenters. The Hall–Kier alpha value is -4.68. The lowest BCUT2D eigenvalue weighted by atomic mass is 9.79. The molecule has 0 heteroatoms. The molecular weight excluding hydrogens is 444 g/mol. The SMILES string of the molecule is Cc1c2ccccc2c(-c2ccccc2)c2c(-c3ccccc3)c3ccccc3c(-c3ccccc3)c12. The highest BCUT2D eigenvalue weighted by Crippen LogP contribution is 2.50. The smallest absolute Gasteiger partial charge is 0.000497 e. The van der Waals surface area contributed by atoms with E-state index < -0.39 is 0 Å². The van der Waals surface area contributed by atoms with E-state index in [-0.39, 0.29) is 0 Å². The summed E-state index contributed by atoms with van der Waals surface area (Å²) < 4.78 is 0. The summed E-state index contributed by atoms with van der Waals surface area (Å²) in [7, 11) is 0. The summed E-state index contributed by atoms with van der Waals surface area (Å²) in [6.45, 7) is 2.30. The van der Waals surface area contributed by atoms with Gasteiger partial charge < -0.3 is 0 Å². The molecule has 0 saturated carbocycles. The fraction of sp³-hybridized carbons (Fsp3) is 0.0270. The molecule has 0 fully saturated rings. The van der Waals surface area contributed by atoms with Gasteiger partial charge in [-0.2, -0.15) is 0 Å². The summed E-state index contributed by atoms with van der Waals surface area (Å²) in [6.07, 6.45) is 0. The largest absolute Gasteiger partial charge is 0.0622 e. The van der Waals surface area contributed by atoms with Gasteiger partial charge >= 0.3 is 0 Å². The lowest BCUT2D eigenvalue weighted by Gasteiger charge is -2.24. The maximum Gasteiger partial charge on any atom is -0.000497 e. The van der Waals surface area contributed by atoms with Crippen molar-refractivity contribution in [3.8, 4) is 33.4 Å². The summed E-state index contributed by atoms with van der Waals surface area (Å²) in [5.41, 5.74) is 8.99. The molecule has 7 aromatic rings. The van der Waals surface area contributed by atoms with Gasteiger partial charge in [-0.05, 0) is 78.2 Å². The van der Waals surface area contributed by atoms with E-state index in [0.29, 0.717) is 0 Å². The second kappa shape index (κ2) is 8.76. The molecule has 7 rings (SSSR count). The van der Waals surface area contributed by atoms with Crippen molar-refractivity contribution in [3.63, 3.8) is 0 Å². The first-order valence-corrected chi connectivity index (χ1v) is 12.9. The van der Waals surface area contributed by atoms with Crippen LogP contribution in [0, 0.1) is 6.92 Å². The monoisotopic (exact) mass is 470 g/mol. The first kappa shape index (κ1) is 21.6. The Morgan fingerprint density at radius 3 is 1.00 bits per heavy atom. The maximum absolute atomic E-state index is 2.30. The minimum Gasteiger partial charge on any atom is -0.0622 e. The number of hydrogen-bond acceptors (Lipinski definition) is 0. The highest BCUT2D eigenvalue weighted by atomic mass is 14.3. The number of rotatable bonds is 3. The van der Waals surface area contributed by atoms with Gasteiger partial charge in [-0.25, -0.2) is 0 Å². The van der Waals surface area contributed by atoms with Crippen LogP contribution in [0.25, 0.3) is 65.7 Å². The lowest BCUT2D eigenvalue weighted by molar-refractivity contribution is 1.57. The van der Waals surface area contributed by atoms with E-state index in [1.165, 1.54) is 71.3 Å². The van der Waals surface area contributed by atoms with Gasteiger partial charge in [-0.15, -0.1) is 0 Å². The topological polar surface area (TPSA) is 0 Å². The van der Waals surface area contributed by atoms with Crippen LogP contribution in [-0.2, 0) is 0 Å². The number of benzene rings is 7. The van der Waals surface area contributed by atoms with E-state index >= 15 is 0 Å². The Balaban J connectivity index is 1.86. The Morgan fingerprint density at radius 2 is 0.595 bits per heavy atom. The van der Waals surface area contributed by atoms with Gasteiger partial charge in [0.2, 0.25) is 0 Å². The second-order valence-corrected chi connectivity index (χ2v) is 9.69. The first-order valence-electron chi connectivity index (χ1n) is 12.9. The molecular formula is C37H26. The molecule has 0 unspecified atom stereocenters. The highest BCUT2D eigenvalue weighted by molar-refractivity contribution is 6.30. The van der Waals surface area contributed by atoms with Crippen LogP contribution in [-0.4, -0.2) is 0 Å². The minimum atomic E-state index is 1.25. The van der Waals surface area contributed by atoms with Crippen LogP contribution in [0.15, 0.2) is 140 Å². The quantitative estimate of drug-likeness (QED) is 0.225. The van der Waals surface area contributed by atoms with Gasteiger partial charge in [-0.1, -0.05) is 140 Å². The predicted octanol–water partition coefficient (Wildman–Crippen LogP) is 10.5. The molecule has 7 aromatic carbocycles. The zero-order valence-electron chi connectivity index (χ0n) is 20.8. The van der Waals surface area contributed by atoms with Crippen LogP contribution >= 0.6 is 0 Å². The summed E-state index contributed by atoms with van der Waals surface area (Å²) in [4.78, 5) is 0. The van der Waals surface area contributed by atoms with E-state index in [1.807, 2.05) is 0 Å². The van der Waals surface area contributed by atoms with Gasteiger partial charge in [0.05, 0.1) is 0 Å². The van der Waals surface area contributed by atoms with E-state index in [1.54, 1.807) is 0 Å². The van der Waals surface area contributed by atoms with Crippen molar-refractivity contribution in [1.29, 1.82) is 0 Å². The standard InChI is InChI=1S/C37H26/c1-25-29-21-11-12-22-30(29)35(27-17-7-3-8-18-27)37-33(25)34(26-15-5-2-6-16-26)31-23-13-14-24-32(31)36(37)28-19-9-4-10-20-28/h2-24H,1H3. The highest BCUT2D eigenvalue weighted by Gasteiger charge is 2.23. The lowest BCUT2D eigenvalue weighted by Crippen LogP contribution is -1.97. The van der Waals surface area contributed by atoms with Crippen LogP contribution in [0.1, 0.15) is 5.56 Å². The molecule has 0 saturated heterocycles. The molecule has 0 spiro atoms. The molecule has 0 amide bonds. The maximum atomic E-state index is 2.30. The number of hydrogen-bond donors (Lipinski definition) is 0. The average Bonchev–Trinajstić information content (AvgIpc) is 2.98. The summed E-state index contributed by atoms with van der Waals surface area (Å²) in [5.74, 6) is 0. The van der Waals surface area contributed by atoms with Crippen molar-refractivity contribution in [3.05, 3.63) is 145 Å². The van der Waals surface area contributed by atoms with Crippen LogP contribution in [0.3, 0.4) is 0 Å². The first-order chi connectivity index (χ1) is 18.3. The van der Waals surface area contributed by atoms with E-state index in [2.05, 4.69) is 146 Å². The molecule has 0 aromatic heterocycles. The van der Waals surface area contributed by atoms with Crippen molar-refractivity contribution in [2.75, 3.05) is 0 Å². The van der Waals surface area contributed by atoms with Crippen LogP contribution in [0.5, 0.6) is 0 Å². The van der Waals surface area contributed by atoms with E-state index in [9.17, 15) is 0 Å². The van der Waals surface area contributed by atoms with E-state index in [0.717, 1.165) is 0 Å². The van der Waals surface area contributed by atoms with Crippen molar-refractivity contribution in [2.24, 2.45) is 0 Å². The van der Waals surface area contributed by atoms with Gasteiger partial charge in [0.25, 0.3) is 0 Å². The molecule has 0 N–H and O–H groups in total. The normalized spacial score (nSPS) is 11.4. The van der Waals surface area contributed by atoms with Gasteiger partial charge in [0, 0.05) is 0 Å². The van der Waals surface area contributed by atoms with Crippen LogP contribution in [0.4, 0.5) is 0 Å². The van der Waals surface area contributed by atoms with E-state index in [4.69, 9.17) is 0 Å². The summed E-state index contributed by atoms with van der Waals surface area (Å²) in [5, 5.41) is 7.84. The molecule has 0 radical (unpaired) electrons. The third-order valence-corrected chi connectivity index (χ3v) is 7.63. The Labute approximate surface area is 217 Å². The molecule has 0 aliphatic heterocycles. The zero-order chi connectivity index (χ0) is 24.8. The minimum absolute atomic E-state index is 1.25. The fourth-order valence-electron chi connectivity index (χ4n) is 6.07. The third-order valence-electron chi connectivity index (χ3n) is 7.63. The second-order valence-electron chi connectivity index (χ2n) is 9.69. The predicted molar refractivity (Wildman–Crippen MR) is 160 cm³/mol. The molecule has 0 nitrogen and oxygen atoms in total.